The van der Waals surface area contributed by atoms with Crippen molar-refractivity contribution in [2.75, 3.05) is 7.11 Å². The van der Waals surface area contributed by atoms with Gasteiger partial charge in [-0.2, -0.15) is 0 Å². The molecule has 0 aliphatic heterocycles. The quantitative estimate of drug-likeness (QED) is 0.680. The summed E-state index contributed by atoms with van der Waals surface area (Å²) < 4.78 is 11.2. The van der Waals surface area contributed by atoms with E-state index in [9.17, 15) is 4.79 Å². The number of fused-ring (bicyclic) bond motifs is 2. The van der Waals surface area contributed by atoms with Gasteiger partial charge in [-0.1, -0.05) is 54.6 Å². The van der Waals surface area contributed by atoms with Crippen molar-refractivity contribution in [2.24, 2.45) is 0 Å². The van der Waals surface area contributed by atoms with E-state index in [1.165, 1.54) is 11.1 Å². The van der Waals surface area contributed by atoms with Gasteiger partial charge in [-0.05, 0) is 28.0 Å². The predicted octanol–water partition coefficient (Wildman–Crippen LogP) is 4.17. The molecule has 0 spiro atoms. The molecular formula is C21H18O3. The Labute approximate surface area is 140 Å². The molecule has 0 amide bonds. The largest absolute Gasteiger partial charge is 0.496 e. The van der Waals surface area contributed by atoms with Crippen LogP contribution < -0.4 is 4.74 Å². The van der Waals surface area contributed by atoms with Crippen molar-refractivity contribution in [2.45, 2.75) is 18.9 Å². The van der Waals surface area contributed by atoms with Crippen LogP contribution in [0.4, 0.5) is 0 Å². The fourth-order valence-corrected chi connectivity index (χ4v) is 3.44. The molecule has 0 saturated carbocycles. The van der Waals surface area contributed by atoms with Crippen LogP contribution in [0.1, 0.15) is 21.5 Å². The summed E-state index contributed by atoms with van der Waals surface area (Å²) in [6.45, 7) is 0. The van der Waals surface area contributed by atoms with E-state index in [1.54, 1.807) is 7.11 Å². The molecule has 120 valence electrons. The molecule has 4 rings (SSSR count). The van der Waals surface area contributed by atoms with Gasteiger partial charge in [0.1, 0.15) is 17.4 Å². The zero-order chi connectivity index (χ0) is 16.5. The second-order valence-corrected chi connectivity index (χ2v) is 6.07. The number of ether oxygens (including phenoxy) is 2. The van der Waals surface area contributed by atoms with Crippen molar-refractivity contribution in [3.8, 4) is 5.75 Å². The molecule has 0 unspecified atom stereocenters. The van der Waals surface area contributed by atoms with Crippen LogP contribution in [0.15, 0.2) is 60.7 Å². The first-order valence-electron chi connectivity index (χ1n) is 8.10. The number of hydrogen-bond donors (Lipinski definition) is 0. The summed E-state index contributed by atoms with van der Waals surface area (Å²) in [5, 5.41) is 1.86. The van der Waals surface area contributed by atoms with Crippen molar-refractivity contribution >= 4 is 16.7 Å². The Hall–Kier alpha value is -2.81. The summed E-state index contributed by atoms with van der Waals surface area (Å²) in [5.41, 5.74) is 3.03. The molecule has 0 heterocycles. The molecule has 3 aromatic rings. The topological polar surface area (TPSA) is 35.5 Å². The summed E-state index contributed by atoms with van der Waals surface area (Å²) in [4.78, 5) is 12.8. The molecule has 24 heavy (non-hydrogen) atoms. The first-order valence-corrected chi connectivity index (χ1v) is 8.10. The van der Waals surface area contributed by atoms with Crippen LogP contribution in [0.2, 0.25) is 0 Å². The third-order valence-electron chi connectivity index (χ3n) is 4.60. The van der Waals surface area contributed by atoms with Crippen LogP contribution in [0, 0.1) is 0 Å². The lowest BCUT2D eigenvalue weighted by molar-refractivity contribution is 0.0324. The average Bonchev–Trinajstić information content (AvgIpc) is 3.02. The molecule has 0 N–H and O–H groups in total. The van der Waals surface area contributed by atoms with Gasteiger partial charge < -0.3 is 9.47 Å². The molecule has 0 radical (unpaired) electrons. The number of rotatable bonds is 3. The number of hydrogen-bond acceptors (Lipinski definition) is 3. The van der Waals surface area contributed by atoms with E-state index >= 15 is 0 Å². The highest BCUT2D eigenvalue weighted by Gasteiger charge is 2.26. The monoisotopic (exact) mass is 318 g/mol. The molecule has 0 atom stereocenters. The van der Waals surface area contributed by atoms with E-state index in [0.717, 1.165) is 23.6 Å². The third kappa shape index (κ3) is 2.52. The van der Waals surface area contributed by atoms with Crippen LogP contribution >= 0.6 is 0 Å². The highest BCUT2D eigenvalue weighted by Crippen LogP contribution is 2.30. The van der Waals surface area contributed by atoms with E-state index in [-0.39, 0.29) is 12.1 Å². The van der Waals surface area contributed by atoms with Crippen LogP contribution in [-0.4, -0.2) is 19.2 Å². The molecular weight excluding hydrogens is 300 g/mol. The van der Waals surface area contributed by atoms with E-state index in [2.05, 4.69) is 12.1 Å². The molecule has 0 fully saturated rings. The Balaban J connectivity index is 1.65. The predicted molar refractivity (Wildman–Crippen MR) is 93.6 cm³/mol. The molecule has 3 aromatic carbocycles. The summed E-state index contributed by atoms with van der Waals surface area (Å²) in [7, 11) is 1.58. The number of esters is 1. The number of benzene rings is 3. The van der Waals surface area contributed by atoms with Gasteiger partial charge in [-0.25, -0.2) is 4.79 Å². The maximum absolute atomic E-state index is 12.8. The normalized spacial score (nSPS) is 13.7. The van der Waals surface area contributed by atoms with Crippen LogP contribution in [0.25, 0.3) is 10.8 Å². The van der Waals surface area contributed by atoms with Gasteiger partial charge in [0.05, 0.1) is 7.11 Å². The van der Waals surface area contributed by atoms with Gasteiger partial charge >= 0.3 is 5.97 Å². The maximum Gasteiger partial charge on any atom is 0.342 e. The smallest absolute Gasteiger partial charge is 0.342 e. The molecule has 0 bridgehead atoms. The van der Waals surface area contributed by atoms with Crippen molar-refractivity contribution in [1.82, 2.24) is 0 Å². The van der Waals surface area contributed by atoms with E-state index < -0.39 is 0 Å². The van der Waals surface area contributed by atoms with Crippen molar-refractivity contribution in [3.05, 3.63) is 77.4 Å². The lowest BCUT2D eigenvalue weighted by atomic mass is 10.0. The highest BCUT2D eigenvalue weighted by molar-refractivity contribution is 6.07. The Kier molecular flexibility index (Phi) is 3.69. The van der Waals surface area contributed by atoms with Gasteiger partial charge in [0, 0.05) is 12.8 Å². The second-order valence-electron chi connectivity index (χ2n) is 6.07. The molecule has 3 nitrogen and oxygen atoms in total. The zero-order valence-electron chi connectivity index (χ0n) is 13.5. The SMILES string of the molecule is COc1ccc2ccccc2c1C(=O)OC1Cc2ccccc2C1. The van der Waals surface area contributed by atoms with Crippen LogP contribution in [-0.2, 0) is 17.6 Å². The molecule has 3 heteroatoms. The van der Waals surface area contributed by atoms with Gasteiger partial charge in [-0.3, -0.25) is 0 Å². The Morgan fingerprint density at radius 1 is 0.917 bits per heavy atom. The van der Waals surface area contributed by atoms with Crippen molar-refractivity contribution < 1.29 is 14.3 Å². The Morgan fingerprint density at radius 3 is 2.29 bits per heavy atom. The van der Waals surface area contributed by atoms with Crippen molar-refractivity contribution in [3.63, 3.8) is 0 Å². The average molecular weight is 318 g/mol. The van der Waals surface area contributed by atoms with Crippen LogP contribution in [0.3, 0.4) is 0 Å². The minimum absolute atomic E-state index is 0.112. The molecule has 1 aliphatic rings. The van der Waals surface area contributed by atoms with Gasteiger partial charge in [-0.15, -0.1) is 0 Å². The number of carbonyl (C=O) groups is 1. The fourth-order valence-electron chi connectivity index (χ4n) is 3.44. The van der Waals surface area contributed by atoms with Gasteiger partial charge in [0.15, 0.2) is 0 Å². The van der Waals surface area contributed by atoms with Crippen LogP contribution in [0.5, 0.6) is 5.75 Å². The minimum atomic E-state index is -0.318. The maximum atomic E-state index is 12.8. The summed E-state index contributed by atoms with van der Waals surface area (Å²) in [6, 6.07) is 19.8. The summed E-state index contributed by atoms with van der Waals surface area (Å²) in [6.07, 6.45) is 1.43. The lowest BCUT2D eigenvalue weighted by Gasteiger charge is -2.15. The van der Waals surface area contributed by atoms with E-state index in [1.807, 2.05) is 48.5 Å². The molecule has 1 aliphatic carbocycles. The lowest BCUT2D eigenvalue weighted by Crippen LogP contribution is -2.19. The Bertz CT molecular complexity index is 889. The highest BCUT2D eigenvalue weighted by atomic mass is 16.5. The first kappa shape index (κ1) is 14.8. The standard InChI is InChI=1S/C21H18O3/c1-23-19-11-10-14-6-4-5-9-18(14)20(19)21(22)24-17-12-15-7-2-3-8-16(15)13-17/h2-11,17H,12-13H2,1H3. The van der Waals surface area contributed by atoms with Gasteiger partial charge in [0.25, 0.3) is 0 Å². The van der Waals surface area contributed by atoms with Gasteiger partial charge in [0.2, 0.25) is 0 Å². The first-order chi connectivity index (χ1) is 11.8. The van der Waals surface area contributed by atoms with E-state index in [4.69, 9.17) is 9.47 Å². The van der Waals surface area contributed by atoms with E-state index in [0.29, 0.717) is 11.3 Å². The molecule has 0 aromatic heterocycles. The zero-order valence-corrected chi connectivity index (χ0v) is 13.5. The van der Waals surface area contributed by atoms with Crippen molar-refractivity contribution in [1.29, 1.82) is 0 Å². The second kappa shape index (κ2) is 6.00. The minimum Gasteiger partial charge on any atom is -0.496 e. The molecule has 0 saturated heterocycles. The fraction of sp³-hybridized carbons (Fsp3) is 0.190. The third-order valence-corrected chi connectivity index (χ3v) is 4.60. The Morgan fingerprint density at radius 2 is 1.58 bits per heavy atom. The number of carbonyl (C=O) groups excluding carboxylic acids is 1. The summed E-state index contributed by atoms with van der Waals surface area (Å²) >= 11 is 0. The summed E-state index contributed by atoms with van der Waals surface area (Å²) in [5.74, 6) is 0.232. The number of methoxy groups -OCH3 is 1.